The minimum absolute atomic E-state index is 0.112. The quantitative estimate of drug-likeness (QED) is 0.825. The molecule has 0 saturated carbocycles. The molecule has 1 aromatic heterocycles. The van der Waals surface area contributed by atoms with Crippen LogP contribution in [0.1, 0.15) is 43.0 Å². The molecule has 0 amide bonds. The Morgan fingerprint density at radius 1 is 1.36 bits per heavy atom. The number of benzene rings is 1. The summed E-state index contributed by atoms with van der Waals surface area (Å²) in [7, 11) is 0. The molecule has 1 atom stereocenters. The molecule has 2 N–H and O–H groups in total. The number of carbonyl (C=O) groups is 1. The summed E-state index contributed by atoms with van der Waals surface area (Å²) in [6.45, 7) is 3.34. The fourth-order valence-electron chi connectivity index (χ4n) is 3.37. The topological polar surface area (TPSA) is 44.9 Å². The van der Waals surface area contributed by atoms with E-state index < -0.39 is 17.0 Å². The molecule has 1 aliphatic heterocycles. The van der Waals surface area contributed by atoms with Crippen molar-refractivity contribution in [2.45, 2.75) is 32.6 Å². The van der Waals surface area contributed by atoms with E-state index in [1.165, 1.54) is 6.07 Å². The molecule has 1 aliphatic rings. The van der Waals surface area contributed by atoms with Crippen molar-refractivity contribution < 1.29 is 13.6 Å². The second kappa shape index (κ2) is 5.80. The Morgan fingerprint density at radius 2 is 2.18 bits per heavy atom. The van der Waals surface area contributed by atoms with Gasteiger partial charge in [0.05, 0.1) is 11.1 Å². The highest BCUT2D eigenvalue weighted by Crippen LogP contribution is 2.37. The zero-order valence-corrected chi connectivity index (χ0v) is 12.6. The minimum atomic E-state index is -1.04. The van der Waals surface area contributed by atoms with Crippen molar-refractivity contribution in [3.8, 4) is 0 Å². The third kappa shape index (κ3) is 2.33. The smallest absolute Gasteiger partial charge is 0.183 e. The highest BCUT2D eigenvalue weighted by atomic mass is 19.2. The Morgan fingerprint density at radius 3 is 2.86 bits per heavy atom. The van der Waals surface area contributed by atoms with E-state index in [1.54, 1.807) is 12.3 Å². The first-order valence-corrected chi connectivity index (χ1v) is 7.79. The average Bonchev–Trinajstić information content (AvgIpc) is 3.18. The fourth-order valence-corrected chi connectivity index (χ4v) is 3.37. The highest BCUT2D eigenvalue weighted by Gasteiger charge is 2.42. The van der Waals surface area contributed by atoms with Crippen LogP contribution in [-0.2, 0) is 0 Å². The van der Waals surface area contributed by atoms with Crippen molar-refractivity contribution in [1.29, 1.82) is 0 Å². The molecule has 0 spiro atoms. The summed E-state index contributed by atoms with van der Waals surface area (Å²) in [4.78, 5) is 15.6. The molecular weight excluding hydrogens is 286 g/mol. The molecule has 3 rings (SSSR count). The standard InChI is InChI=1S/C17H20F2N2O/c1-2-3-5-17(6-8-20-10-17)16(22)12-9-11-4-7-21-15(11)14(19)13(12)18/h4,7,9,20-21H,2-3,5-6,8,10H2,1H3. The van der Waals surface area contributed by atoms with Crippen molar-refractivity contribution in [1.82, 2.24) is 10.3 Å². The third-order valence-electron chi connectivity index (χ3n) is 4.71. The monoisotopic (exact) mass is 306 g/mol. The predicted molar refractivity (Wildman–Crippen MR) is 82.0 cm³/mol. The molecule has 1 saturated heterocycles. The molecule has 1 aromatic carbocycles. The van der Waals surface area contributed by atoms with Gasteiger partial charge in [0.15, 0.2) is 17.4 Å². The van der Waals surface area contributed by atoms with Gasteiger partial charge in [0.2, 0.25) is 0 Å². The predicted octanol–water partition coefficient (Wildman–Crippen LogP) is 3.80. The molecule has 5 heteroatoms. The molecule has 1 fully saturated rings. The highest BCUT2D eigenvalue weighted by molar-refractivity contribution is 6.03. The number of carbonyl (C=O) groups excluding carboxylic acids is 1. The zero-order chi connectivity index (χ0) is 15.7. The molecule has 118 valence electrons. The molecule has 0 aliphatic carbocycles. The van der Waals surface area contributed by atoms with Gasteiger partial charge in [0.25, 0.3) is 0 Å². The van der Waals surface area contributed by atoms with Crippen molar-refractivity contribution >= 4 is 16.7 Å². The zero-order valence-electron chi connectivity index (χ0n) is 12.6. The lowest BCUT2D eigenvalue weighted by atomic mass is 9.75. The van der Waals surface area contributed by atoms with Crippen LogP contribution in [-0.4, -0.2) is 23.9 Å². The average molecular weight is 306 g/mol. The van der Waals surface area contributed by atoms with Gasteiger partial charge in [0.1, 0.15) is 0 Å². The van der Waals surface area contributed by atoms with Gasteiger partial charge in [-0.2, -0.15) is 0 Å². The van der Waals surface area contributed by atoms with Crippen molar-refractivity contribution in [2.75, 3.05) is 13.1 Å². The van der Waals surface area contributed by atoms with Crippen molar-refractivity contribution in [3.05, 3.63) is 35.5 Å². The Hall–Kier alpha value is -1.75. The Labute approximate surface area is 128 Å². The maximum absolute atomic E-state index is 14.4. The Bertz CT molecular complexity index is 702. The van der Waals surface area contributed by atoms with Crippen LogP contribution in [0.25, 0.3) is 10.9 Å². The molecule has 22 heavy (non-hydrogen) atoms. The van der Waals surface area contributed by atoms with Crippen molar-refractivity contribution in [2.24, 2.45) is 5.41 Å². The molecule has 3 nitrogen and oxygen atoms in total. The second-order valence-electron chi connectivity index (χ2n) is 6.13. The summed E-state index contributed by atoms with van der Waals surface area (Å²) in [5, 5.41) is 3.72. The first-order chi connectivity index (χ1) is 10.6. The number of ketones is 1. The van der Waals surface area contributed by atoms with Crippen LogP contribution >= 0.6 is 0 Å². The van der Waals surface area contributed by atoms with Crippen LogP contribution in [0.4, 0.5) is 8.78 Å². The first-order valence-electron chi connectivity index (χ1n) is 7.79. The van der Waals surface area contributed by atoms with Crippen molar-refractivity contribution in [3.63, 3.8) is 0 Å². The van der Waals surface area contributed by atoms with E-state index in [9.17, 15) is 13.6 Å². The van der Waals surface area contributed by atoms with E-state index in [4.69, 9.17) is 0 Å². The number of H-pyrrole nitrogens is 1. The molecule has 0 bridgehead atoms. The van der Waals surface area contributed by atoms with Crippen LogP contribution in [0.3, 0.4) is 0 Å². The Kier molecular flexibility index (Phi) is 4.00. The number of fused-ring (bicyclic) bond motifs is 1. The van der Waals surface area contributed by atoms with E-state index in [1.807, 2.05) is 0 Å². The summed E-state index contributed by atoms with van der Waals surface area (Å²) < 4.78 is 28.5. The third-order valence-corrected chi connectivity index (χ3v) is 4.71. The van der Waals surface area contributed by atoms with Crippen LogP contribution in [0.2, 0.25) is 0 Å². The SMILES string of the molecule is CCCCC1(C(=O)c2cc3cc[nH]c3c(F)c2F)CCNC1. The molecular formula is C17H20F2N2O. The molecule has 2 aromatic rings. The van der Waals surface area contributed by atoms with Gasteiger partial charge < -0.3 is 10.3 Å². The number of unbranched alkanes of at least 4 members (excludes halogenated alkanes) is 1. The lowest BCUT2D eigenvalue weighted by molar-refractivity contribution is 0.0794. The summed E-state index contributed by atoms with van der Waals surface area (Å²) in [5.41, 5.74) is -0.613. The number of halogens is 2. The van der Waals surface area contributed by atoms with E-state index in [-0.39, 0.29) is 16.9 Å². The van der Waals surface area contributed by atoms with Crippen LogP contribution < -0.4 is 5.32 Å². The van der Waals surface area contributed by atoms with E-state index in [0.717, 1.165) is 19.4 Å². The maximum Gasteiger partial charge on any atom is 0.183 e. The number of aromatic amines is 1. The number of hydrogen-bond donors (Lipinski definition) is 2. The molecule has 0 radical (unpaired) electrons. The van der Waals surface area contributed by atoms with Gasteiger partial charge in [-0.3, -0.25) is 4.79 Å². The fraction of sp³-hybridized carbons (Fsp3) is 0.471. The van der Waals surface area contributed by atoms with Gasteiger partial charge in [-0.05, 0) is 31.5 Å². The van der Waals surface area contributed by atoms with E-state index in [2.05, 4.69) is 17.2 Å². The minimum Gasteiger partial charge on any atom is -0.359 e. The number of nitrogens with one attached hydrogen (secondary N) is 2. The van der Waals surface area contributed by atoms with Crippen LogP contribution in [0.15, 0.2) is 18.3 Å². The van der Waals surface area contributed by atoms with Gasteiger partial charge in [-0.15, -0.1) is 0 Å². The Balaban J connectivity index is 2.05. The van der Waals surface area contributed by atoms with Crippen LogP contribution in [0.5, 0.6) is 0 Å². The normalized spacial score (nSPS) is 21.6. The summed E-state index contributed by atoms with van der Waals surface area (Å²) >= 11 is 0. The number of Topliss-reactive ketones (excluding diaryl/α,β-unsaturated/α-hetero) is 1. The number of hydrogen-bond acceptors (Lipinski definition) is 2. The number of aromatic nitrogens is 1. The van der Waals surface area contributed by atoms with Crippen LogP contribution in [0, 0.1) is 17.0 Å². The lowest BCUT2D eigenvalue weighted by Crippen LogP contribution is -2.34. The molecule has 1 unspecified atom stereocenters. The second-order valence-corrected chi connectivity index (χ2v) is 6.13. The van der Waals surface area contributed by atoms with E-state index >= 15 is 0 Å². The van der Waals surface area contributed by atoms with Gasteiger partial charge in [-0.25, -0.2) is 8.78 Å². The van der Waals surface area contributed by atoms with Gasteiger partial charge >= 0.3 is 0 Å². The summed E-state index contributed by atoms with van der Waals surface area (Å²) in [5.74, 6) is -2.28. The van der Waals surface area contributed by atoms with E-state index in [0.29, 0.717) is 24.8 Å². The molecule has 2 heterocycles. The van der Waals surface area contributed by atoms with Gasteiger partial charge in [-0.1, -0.05) is 19.8 Å². The maximum atomic E-state index is 14.4. The lowest BCUT2D eigenvalue weighted by Gasteiger charge is -2.27. The summed E-state index contributed by atoms with van der Waals surface area (Å²) in [6.07, 6.45) is 4.82. The number of rotatable bonds is 5. The summed E-state index contributed by atoms with van der Waals surface area (Å²) in [6, 6.07) is 3.12. The van der Waals surface area contributed by atoms with Gasteiger partial charge in [0, 0.05) is 23.5 Å². The first kappa shape index (κ1) is 15.2. The largest absolute Gasteiger partial charge is 0.359 e.